The standard InChI is InChI=1S/C4H4BrF3N2/c5-2(1-9)3(10)4(6,7)8/h1,10H,9H2/b2-1-,10-3?. The molecule has 10 heavy (non-hydrogen) atoms. The summed E-state index contributed by atoms with van der Waals surface area (Å²) >= 11 is 2.47. The number of halogens is 4. The van der Waals surface area contributed by atoms with Crippen LogP contribution in [0, 0.1) is 5.41 Å². The Morgan fingerprint density at radius 3 is 2.00 bits per heavy atom. The average molecular weight is 217 g/mol. The third-order valence-electron chi connectivity index (χ3n) is 0.669. The molecule has 0 heterocycles. The van der Waals surface area contributed by atoms with Crippen molar-refractivity contribution in [3.63, 3.8) is 0 Å². The van der Waals surface area contributed by atoms with Crippen LogP contribution in [0.2, 0.25) is 0 Å². The molecule has 0 unspecified atom stereocenters. The fraction of sp³-hybridized carbons (Fsp3) is 0.250. The minimum absolute atomic E-state index is 0.458. The molecule has 0 radical (unpaired) electrons. The molecule has 3 N–H and O–H groups in total. The van der Waals surface area contributed by atoms with Crippen LogP contribution in [0.15, 0.2) is 10.7 Å². The lowest BCUT2D eigenvalue weighted by atomic mass is 10.3. The van der Waals surface area contributed by atoms with Crippen LogP contribution in [0.4, 0.5) is 13.2 Å². The van der Waals surface area contributed by atoms with Crippen LogP contribution < -0.4 is 5.73 Å². The fourth-order valence-corrected chi connectivity index (χ4v) is 0.444. The first-order valence-electron chi connectivity index (χ1n) is 2.13. The van der Waals surface area contributed by atoms with E-state index in [2.05, 4.69) is 15.9 Å². The lowest BCUT2D eigenvalue weighted by Crippen LogP contribution is -2.22. The molecule has 0 aliphatic carbocycles. The summed E-state index contributed by atoms with van der Waals surface area (Å²) in [6.07, 6.45) is -3.95. The van der Waals surface area contributed by atoms with Gasteiger partial charge in [0.2, 0.25) is 0 Å². The Bertz CT molecular complexity index is 172. The van der Waals surface area contributed by atoms with Crippen LogP contribution in [0.1, 0.15) is 0 Å². The quantitative estimate of drug-likeness (QED) is 0.646. The Kier molecular flexibility index (Phi) is 2.89. The predicted octanol–water partition coefficient (Wildman–Crippen LogP) is 1.76. The Labute approximate surface area is 63.5 Å². The highest BCUT2D eigenvalue weighted by Crippen LogP contribution is 2.23. The summed E-state index contributed by atoms with van der Waals surface area (Å²) in [5.41, 5.74) is 3.24. The second kappa shape index (κ2) is 3.05. The maximum atomic E-state index is 11.5. The number of rotatable bonds is 1. The lowest BCUT2D eigenvalue weighted by Gasteiger charge is -2.05. The molecule has 0 amide bonds. The van der Waals surface area contributed by atoms with Gasteiger partial charge >= 0.3 is 6.18 Å². The molecule has 0 bridgehead atoms. The minimum Gasteiger partial charge on any atom is -0.404 e. The molecule has 6 heteroatoms. The monoisotopic (exact) mass is 216 g/mol. The van der Waals surface area contributed by atoms with Gasteiger partial charge in [-0.1, -0.05) is 0 Å². The zero-order valence-electron chi connectivity index (χ0n) is 4.67. The zero-order chi connectivity index (χ0) is 8.36. The molecule has 0 atom stereocenters. The SMILES string of the molecule is N=C(/C(Br)=C/N)C(F)(F)F. The van der Waals surface area contributed by atoms with Gasteiger partial charge in [-0.15, -0.1) is 0 Å². The molecular formula is C4H4BrF3N2. The topological polar surface area (TPSA) is 49.9 Å². The summed E-state index contributed by atoms with van der Waals surface area (Å²) in [6, 6.07) is 0. The van der Waals surface area contributed by atoms with Gasteiger partial charge in [0.15, 0.2) is 5.71 Å². The van der Waals surface area contributed by atoms with Crippen molar-refractivity contribution in [3.05, 3.63) is 10.7 Å². The van der Waals surface area contributed by atoms with E-state index < -0.39 is 16.4 Å². The summed E-state index contributed by atoms with van der Waals surface area (Å²) < 4.78 is 34.1. The van der Waals surface area contributed by atoms with Gasteiger partial charge in [-0.25, -0.2) is 0 Å². The van der Waals surface area contributed by atoms with E-state index in [0.717, 1.165) is 0 Å². The number of nitrogens with two attached hydrogens (primary N) is 1. The van der Waals surface area contributed by atoms with Gasteiger partial charge in [0, 0.05) is 6.20 Å². The van der Waals surface area contributed by atoms with Crippen LogP contribution in [-0.4, -0.2) is 11.9 Å². The molecule has 0 aliphatic rings. The van der Waals surface area contributed by atoms with E-state index in [1.807, 2.05) is 0 Å². The molecule has 0 saturated carbocycles. The van der Waals surface area contributed by atoms with E-state index in [1.165, 1.54) is 0 Å². The molecule has 0 fully saturated rings. The van der Waals surface area contributed by atoms with Gasteiger partial charge in [0.1, 0.15) is 0 Å². The normalized spacial score (nSPS) is 13.4. The Hall–Kier alpha value is -0.520. The molecule has 2 nitrogen and oxygen atoms in total. The molecule has 58 valence electrons. The van der Waals surface area contributed by atoms with Crippen molar-refractivity contribution in [2.24, 2.45) is 5.73 Å². The van der Waals surface area contributed by atoms with E-state index >= 15 is 0 Å². The first-order chi connectivity index (χ1) is 4.39. The van der Waals surface area contributed by atoms with Crippen LogP contribution in [-0.2, 0) is 0 Å². The van der Waals surface area contributed by atoms with Gasteiger partial charge in [-0.2, -0.15) is 13.2 Å². The molecular weight excluding hydrogens is 213 g/mol. The van der Waals surface area contributed by atoms with Crippen LogP contribution >= 0.6 is 15.9 Å². The average Bonchev–Trinajstić information content (AvgIpc) is 1.83. The van der Waals surface area contributed by atoms with Crippen LogP contribution in [0.25, 0.3) is 0 Å². The lowest BCUT2D eigenvalue weighted by molar-refractivity contribution is -0.0585. The Morgan fingerprint density at radius 1 is 1.50 bits per heavy atom. The third-order valence-corrected chi connectivity index (χ3v) is 1.33. The number of nitrogens with one attached hydrogen (secondary N) is 1. The second-order valence-corrected chi connectivity index (χ2v) is 2.24. The van der Waals surface area contributed by atoms with E-state index in [0.29, 0.717) is 6.20 Å². The van der Waals surface area contributed by atoms with Crippen molar-refractivity contribution in [1.29, 1.82) is 5.41 Å². The molecule has 0 spiro atoms. The molecule has 0 rings (SSSR count). The highest BCUT2D eigenvalue weighted by Gasteiger charge is 2.35. The first-order valence-corrected chi connectivity index (χ1v) is 2.92. The third kappa shape index (κ3) is 2.38. The van der Waals surface area contributed by atoms with Gasteiger partial charge in [0.05, 0.1) is 4.48 Å². The fourth-order valence-electron chi connectivity index (χ4n) is 0.219. The van der Waals surface area contributed by atoms with E-state index in [1.54, 1.807) is 0 Å². The number of hydrogen-bond donors (Lipinski definition) is 2. The summed E-state index contributed by atoms with van der Waals surface area (Å²) in [7, 11) is 0. The summed E-state index contributed by atoms with van der Waals surface area (Å²) in [5.74, 6) is 0. The number of hydrogen-bond acceptors (Lipinski definition) is 2. The summed E-state index contributed by atoms with van der Waals surface area (Å²) in [5, 5.41) is 6.43. The molecule has 0 saturated heterocycles. The van der Waals surface area contributed by atoms with Crippen molar-refractivity contribution >= 4 is 21.6 Å². The maximum Gasteiger partial charge on any atom is 0.433 e. The minimum atomic E-state index is -4.63. The van der Waals surface area contributed by atoms with Gasteiger partial charge in [0.25, 0.3) is 0 Å². The zero-order valence-corrected chi connectivity index (χ0v) is 6.25. The van der Waals surface area contributed by atoms with Crippen molar-refractivity contribution in [1.82, 2.24) is 0 Å². The predicted molar refractivity (Wildman–Crippen MR) is 35.0 cm³/mol. The second-order valence-electron chi connectivity index (χ2n) is 1.39. The maximum absolute atomic E-state index is 11.5. The number of alkyl halides is 3. The molecule has 0 aromatic rings. The summed E-state index contributed by atoms with van der Waals surface area (Å²) in [6.45, 7) is 0. The molecule has 0 aromatic carbocycles. The van der Waals surface area contributed by atoms with Crippen LogP contribution in [0.5, 0.6) is 0 Å². The molecule has 0 aliphatic heterocycles. The van der Waals surface area contributed by atoms with Gasteiger partial charge in [-0.3, -0.25) is 5.41 Å². The largest absolute Gasteiger partial charge is 0.433 e. The first kappa shape index (κ1) is 9.48. The highest BCUT2D eigenvalue weighted by atomic mass is 79.9. The van der Waals surface area contributed by atoms with Crippen molar-refractivity contribution < 1.29 is 13.2 Å². The van der Waals surface area contributed by atoms with Gasteiger partial charge in [-0.05, 0) is 15.9 Å². The van der Waals surface area contributed by atoms with Crippen molar-refractivity contribution in [2.45, 2.75) is 6.18 Å². The smallest absolute Gasteiger partial charge is 0.404 e. The van der Waals surface area contributed by atoms with Crippen molar-refractivity contribution in [3.8, 4) is 0 Å². The Morgan fingerprint density at radius 2 is 1.90 bits per heavy atom. The van der Waals surface area contributed by atoms with E-state index in [9.17, 15) is 13.2 Å². The van der Waals surface area contributed by atoms with E-state index in [-0.39, 0.29) is 0 Å². The van der Waals surface area contributed by atoms with E-state index in [4.69, 9.17) is 11.1 Å². The number of allylic oxidation sites excluding steroid dienone is 1. The Balaban J connectivity index is 4.39. The van der Waals surface area contributed by atoms with Gasteiger partial charge < -0.3 is 5.73 Å². The summed E-state index contributed by atoms with van der Waals surface area (Å²) in [4.78, 5) is 0. The van der Waals surface area contributed by atoms with Crippen molar-refractivity contribution in [2.75, 3.05) is 0 Å². The molecule has 0 aromatic heterocycles. The van der Waals surface area contributed by atoms with Crippen LogP contribution in [0.3, 0.4) is 0 Å². The highest BCUT2D eigenvalue weighted by molar-refractivity contribution is 9.12.